The molecule has 0 saturated carbocycles. The molecule has 0 unspecified atom stereocenters. The van der Waals surface area contributed by atoms with Crippen LogP contribution < -0.4 is 10.6 Å². The van der Waals surface area contributed by atoms with Gasteiger partial charge in [0.2, 0.25) is 0 Å². The van der Waals surface area contributed by atoms with Crippen molar-refractivity contribution < 1.29 is 9.59 Å². The maximum absolute atomic E-state index is 11.8. The smallest absolute Gasteiger partial charge is 0.251 e. The molecule has 0 atom stereocenters. The van der Waals surface area contributed by atoms with Gasteiger partial charge in [-0.3, -0.25) is 14.6 Å². The Morgan fingerprint density at radius 2 is 1.33 bits per heavy atom. The van der Waals surface area contributed by atoms with E-state index in [2.05, 4.69) is 15.6 Å². The molecule has 0 bridgehead atoms. The molecule has 1 aromatic heterocycles. The van der Waals surface area contributed by atoms with Crippen LogP contribution in [0.3, 0.4) is 0 Å². The summed E-state index contributed by atoms with van der Waals surface area (Å²) in [4.78, 5) is 27.4. The minimum absolute atomic E-state index is 0.101. The Bertz CT molecular complexity index is 531. The number of rotatable bonds is 6. The molecule has 2 aromatic rings. The highest BCUT2D eigenvalue weighted by atomic mass is 16.2. The first-order chi connectivity index (χ1) is 10.3. The first-order valence-electron chi connectivity index (χ1n) is 6.79. The summed E-state index contributed by atoms with van der Waals surface area (Å²) in [7, 11) is 0. The van der Waals surface area contributed by atoms with Crippen molar-refractivity contribution >= 4 is 11.8 Å². The first-order valence-corrected chi connectivity index (χ1v) is 6.79. The minimum Gasteiger partial charge on any atom is -0.352 e. The number of aromatic nitrogens is 1. The van der Waals surface area contributed by atoms with E-state index in [0.29, 0.717) is 30.6 Å². The normalized spacial score (nSPS) is 9.90. The average Bonchev–Trinajstić information content (AvgIpc) is 2.55. The fraction of sp³-hybridized carbons (Fsp3) is 0.188. The number of nitrogens with zero attached hydrogens (tertiary/aromatic N) is 1. The molecule has 1 heterocycles. The topological polar surface area (TPSA) is 71.1 Å². The number of pyridine rings is 1. The van der Waals surface area contributed by atoms with E-state index in [9.17, 15) is 9.59 Å². The number of carbonyl (C=O) groups is 2. The Balaban J connectivity index is 1.64. The molecule has 2 N–H and O–H groups in total. The third kappa shape index (κ3) is 4.72. The molecule has 0 aliphatic rings. The molecule has 0 radical (unpaired) electrons. The van der Waals surface area contributed by atoms with Gasteiger partial charge >= 0.3 is 0 Å². The summed E-state index contributed by atoms with van der Waals surface area (Å²) in [5, 5.41) is 5.61. The number of hydrogen-bond donors (Lipinski definition) is 2. The lowest BCUT2D eigenvalue weighted by molar-refractivity contribution is 0.0951. The molecule has 108 valence electrons. The Labute approximate surface area is 123 Å². The van der Waals surface area contributed by atoms with Gasteiger partial charge in [0.1, 0.15) is 0 Å². The molecule has 0 fully saturated rings. The summed E-state index contributed by atoms with van der Waals surface area (Å²) in [5.41, 5.74) is 1.22. The molecule has 0 spiro atoms. The van der Waals surface area contributed by atoms with Crippen molar-refractivity contribution in [2.75, 3.05) is 13.1 Å². The fourth-order valence-electron chi connectivity index (χ4n) is 1.79. The van der Waals surface area contributed by atoms with Crippen LogP contribution in [0.2, 0.25) is 0 Å². The Morgan fingerprint density at radius 3 is 1.90 bits per heavy atom. The molecule has 2 amide bonds. The van der Waals surface area contributed by atoms with Crippen molar-refractivity contribution in [3.63, 3.8) is 0 Å². The van der Waals surface area contributed by atoms with Crippen molar-refractivity contribution in [1.29, 1.82) is 0 Å². The Hall–Kier alpha value is -2.69. The highest BCUT2D eigenvalue weighted by Crippen LogP contribution is 1.98. The number of hydrogen-bond acceptors (Lipinski definition) is 3. The van der Waals surface area contributed by atoms with E-state index in [4.69, 9.17) is 0 Å². The number of benzene rings is 1. The predicted octanol–water partition coefficient (Wildman–Crippen LogP) is 1.63. The summed E-state index contributed by atoms with van der Waals surface area (Å²) >= 11 is 0. The average molecular weight is 283 g/mol. The lowest BCUT2D eigenvalue weighted by Gasteiger charge is -2.07. The van der Waals surface area contributed by atoms with Gasteiger partial charge in [0, 0.05) is 36.6 Å². The molecule has 1 aromatic carbocycles. The highest BCUT2D eigenvalue weighted by molar-refractivity contribution is 5.94. The van der Waals surface area contributed by atoms with E-state index in [1.807, 2.05) is 18.2 Å². The van der Waals surface area contributed by atoms with Crippen molar-refractivity contribution in [2.45, 2.75) is 6.42 Å². The zero-order valence-electron chi connectivity index (χ0n) is 11.6. The van der Waals surface area contributed by atoms with Crippen LogP contribution in [0.25, 0.3) is 0 Å². The number of nitrogens with one attached hydrogen (secondary N) is 2. The summed E-state index contributed by atoms with van der Waals surface area (Å²) < 4.78 is 0. The van der Waals surface area contributed by atoms with E-state index < -0.39 is 0 Å². The van der Waals surface area contributed by atoms with Crippen LogP contribution in [-0.4, -0.2) is 29.9 Å². The number of carbonyl (C=O) groups excluding carboxylic acids is 2. The summed E-state index contributed by atoms with van der Waals surface area (Å²) in [6.07, 6.45) is 3.83. The molecule has 5 nitrogen and oxygen atoms in total. The minimum atomic E-state index is -0.133. The second kappa shape index (κ2) is 7.79. The van der Waals surface area contributed by atoms with Crippen LogP contribution in [0.4, 0.5) is 0 Å². The Morgan fingerprint density at radius 1 is 0.810 bits per heavy atom. The molecule has 0 aliphatic heterocycles. The van der Waals surface area contributed by atoms with Crippen molar-refractivity contribution in [2.24, 2.45) is 0 Å². The van der Waals surface area contributed by atoms with Gasteiger partial charge in [-0.15, -0.1) is 0 Å². The van der Waals surface area contributed by atoms with Crippen molar-refractivity contribution in [1.82, 2.24) is 15.6 Å². The van der Waals surface area contributed by atoms with Gasteiger partial charge in [-0.1, -0.05) is 18.2 Å². The SMILES string of the molecule is O=C(NCCCNC(=O)c1ccncc1)c1ccccc1. The van der Waals surface area contributed by atoms with Crippen LogP contribution in [0.15, 0.2) is 54.9 Å². The van der Waals surface area contributed by atoms with Crippen LogP contribution in [0.5, 0.6) is 0 Å². The zero-order chi connectivity index (χ0) is 14.9. The monoisotopic (exact) mass is 283 g/mol. The highest BCUT2D eigenvalue weighted by Gasteiger charge is 2.05. The molecule has 21 heavy (non-hydrogen) atoms. The second-order valence-corrected chi connectivity index (χ2v) is 4.47. The third-order valence-electron chi connectivity index (χ3n) is 2.90. The molecule has 0 aliphatic carbocycles. The molecular weight excluding hydrogens is 266 g/mol. The lowest BCUT2D eigenvalue weighted by Crippen LogP contribution is -2.29. The van der Waals surface area contributed by atoms with Gasteiger partial charge in [-0.25, -0.2) is 0 Å². The standard InChI is InChI=1S/C16H17N3O2/c20-15(13-5-2-1-3-6-13)18-9-4-10-19-16(21)14-7-11-17-12-8-14/h1-3,5-8,11-12H,4,9-10H2,(H,18,20)(H,19,21). The maximum Gasteiger partial charge on any atom is 0.251 e. The number of amides is 2. The van der Waals surface area contributed by atoms with Crippen LogP contribution in [-0.2, 0) is 0 Å². The van der Waals surface area contributed by atoms with E-state index in [0.717, 1.165) is 0 Å². The van der Waals surface area contributed by atoms with Gasteiger partial charge in [-0.2, -0.15) is 0 Å². The summed E-state index contributed by atoms with van der Waals surface area (Å²) in [5.74, 6) is -0.233. The fourth-order valence-corrected chi connectivity index (χ4v) is 1.79. The van der Waals surface area contributed by atoms with E-state index >= 15 is 0 Å². The largest absolute Gasteiger partial charge is 0.352 e. The van der Waals surface area contributed by atoms with Crippen LogP contribution in [0, 0.1) is 0 Å². The second-order valence-electron chi connectivity index (χ2n) is 4.47. The molecule has 5 heteroatoms. The van der Waals surface area contributed by atoms with Crippen molar-refractivity contribution in [3.05, 3.63) is 66.0 Å². The van der Waals surface area contributed by atoms with Gasteiger partial charge in [0.05, 0.1) is 0 Å². The molecule has 2 rings (SSSR count). The Kier molecular flexibility index (Phi) is 5.46. The maximum atomic E-state index is 11.8. The molecule has 0 saturated heterocycles. The quantitative estimate of drug-likeness (QED) is 0.792. The van der Waals surface area contributed by atoms with E-state index in [-0.39, 0.29) is 11.8 Å². The van der Waals surface area contributed by atoms with Crippen LogP contribution in [0.1, 0.15) is 27.1 Å². The predicted molar refractivity (Wildman–Crippen MR) is 80.0 cm³/mol. The molecular formula is C16H17N3O2. The zero-order valence-corrected chi connectivity index (χ0v) is 11.6. The van der Waals surface area contributed by atoms with Gasteiger partial charge in [0.25, 0.3) is 11.8 Å². The van der Waals surface area contributed by atoms with Crippen LogP contribution >= 0.6 is 0 Å². The van der Waals surface area contributed by atoms with E-state index in [1.165, 1.54) is 0 Å². The first kappa shape index (κ1) is 14.7. The van der Waals surface area contributed by atoms with Gasteiger partial charge in [0.15, 0.2) is 0 Å². The lowest BCUT2D eigenvalue weighted by atomic mass is 10.2. The summed E-state index contributed by atoms with van der Waals surface area (Å²) in [6.45, 7) is 1.03. The van der Waals surface area contributed by atoms with Gasteiger partial charge < -0.3 is 10.6 Å². The van der Waals surface area contributed by atoms with Crippen molar-refractivity contribution in [3.8, 4) is 0 Å². The van der Waals surface area contributed by atoms with Gasteiger partial charge in [-0.05, 0) is 30.7 Å². The third-order valence-corrected chi connectivity index (χ3v) is 2.90. The summed E-state index contributed by atoms with van der Waals surface area (Å²) in [6, 6.07) is 12.4. The van der Waals surface area contributed by atoms with E-state index in [1.54, 1.807) is 36.7 Å².